The quantitative estimate of drug-likeness (QED) is 0.843. The molecule has 0 aliphatic rings. The molecular weight excluding hydrogens is 255 g/mol. The lowest BCUT2D eigenvalue weighted by molar-refractivity contribution is -0.137. The molecule has 1 rings (SSSR count). The second-order valence-corrected chi connectivity index (χ2v) is 4.40. The number of unbranched alkanes of at least 4 members (excludes halogenated alkanes) is 1. The van der Waals surface area contributed by atoms with E-state index in [-0.39, 0.29) is 5.91 Å². The van der Waals surface area contributed by atoms with Crippen LogP contribution in [-0.2, 0) is 17.4 Å². The van der Waals surface area contributed by atoms with Crippen molar-refractivity contribution < 1.29 is 18.0 Å². The summed E-state index contributed by atoms with van der Waals surface area (Å²) in [6, 6.07) is 5.02. The Morgan fingerprint density at radius 1 is 1.21 bits per heavy atom. The van der Waals surface area contributed by atoms with Gasteiger partial charge in [-0.1, -0.05) is 25.5 Å². The Balaban J connectivity index is 2.36. The number of benzene rings is 1. The first kappa shape index (κ1) is 15.5. The minimum atomic E-state index is -4.30. The van der Waals surface area contributed by atoms with Crippen molar-refractivity contribution in [2.24, 2.45) is 0 Å². The average Bonchev–Trinajstić information content (AvgIpc) is 2.36. The molecule has 0 saturated carbocycles. The lowest BCUT2D eigenvalue weighted by atomic mass is 10.1. The number of rotatable bonds is 6. The van der Waals surface area contributed by atoms with Gasteiger partial charge >= 0.3 is 6.18 Å². The van der Waals surface area contributed by atoms with Crippen LogP contribution in [-0.4, -0.2) is 12.5 Å². The predicted octanol–water partition coefficient (Wildman–Crippen LogP) is 3.55. The first-order valence-electron chi connectivity index (χ1n) is 6.36. The molecule has 0 bridgehead atoms. The molecule has 2 nitrogen and oxygen atoms in total. The molecule has 0 atom stereocenters. The molecule has 0 fully saturated rings. The number of alkyl halides is 3. The van der Waals surface area contributed by atoms with E-state index in [9.17, 15) is 18.0 Å². The van der Waals surface area contributed by atoms with Crippen LogP contribution in [0.3, 0.4) is 0 Å². The molecule has 1 amide bonds. The maximum Gasteiger partial charge on any atom is 0.416 e. The van der Waals surface area contributed by atoms with Gasteiger partial charge in [-0.15, -0.1) is 0 Å². The molecule has 106 valence electrons. The molecule has 0 heterocycles. The summed E-state index contributed by atoms with van der Waals surface area (Å²) in [4.78, 5) is 11.3. The second-order valence-electron chi connectivity index (χ2n) is 4.40. The van der Waals surface area contributed by atoms with Crippen LogP contribution in [0.2, 0.25) is 0 Å². The van der Waals surface area contributed by atoms with Gasteiger partial charge < -0.3 is 5.32 Å². The molecule has 0 radical (unpaired) electrons. The van der Waals surface area contributed by atoms with Crippen LogP contribution < -0.4 is 5.32 Å². The molecule has 0 saturated heterocycles. The first-order chi connectivity index (χ1) is 8.93. The number of carbonyl (C=O) groups excluding carboxylic acids is 1. The molecule has 1 aromatic rings. The first-order valence-corrected chi connectivity index (χ1v) is 6.36. The van der Waals surface area contributed by atoms with Gasteiger partial charge in [0.1, 0.15) is 0 Å². The molecule has 1 N–H and O–H groups in total. The van der Waals surface area contributed by atoms with E-state index in [1.807, 2.05) is 6.92 Å². The van der Waals surface area contributed by atoms with Gasteiger partial charge in [0.25, 0.3) is 0 Å². The van der Waals surface area contributed by atoms with E-state index in [0.29, 0.717) is 19.4 Å². The minimum absolute atomic E-state index is 0.00578. The highest BCUT2D eigenvalue weighted by molar-refractivity contribution is 5.75. The fourth-order valence-corrected chi connectivity index (χ4v) is 1.63. The molecule has 1 aromatic carbocycles. The zero-order chi connectivity index (χ0) is 14.3. The van der Waals surface area contributed by atoms with Crippen LogP contribution in [0, 0.1) is 0 Å². The number of amides is 1. The van der Waals surface area contributed by atoms with Gasteiger partial charge in [0.15, 0.2) is 0 Å². The van der Waals surface area contributed by atoms with E-state index in [2.05, 4.69) is 5.32 Å². The summed E-state index contributed by atoms with van der Waals surface area (Å²) in [6.45, 7) is 2.46. The molecule has 0 aliphatic heterocycles. The van der Waals surface area contributed by atoms with E-state index in [0.717, 1.165) is 30.5 Å². The summed E-state index contributed by atoms with van der Waals surface area (Å²) in [5.74, 6) is -0.00578. The van der Waals surface area contributed by atoms with Crippen molar-refractivity contribution in [2.75, 3.05) is 6.54 Å². The monoisotopic (exact) mass is 273 g/mol. The van der Waals surface area contributed by atoms with E-state index in [4.69, 9.17) is 0 Å². The lowest BCUT2D eigenvalue weighted by Gasteiger charge is -2.08. The Kier molecular flexibility index (Phi) is 5.86. The van der Waals surface area contributed by atoms with Crippen LogP contribution in [0.1, 0.15) is 37.3 Å². The third kappa shape index (κ3) is 5.77. The summed E-state index contributed by atoms with van der Waals surface area (Å²) < 4.78 is 37.0. The molecule has 0 spiro atoms. The SMILES string of the molecule is CCCCC(=O)NCCc1ccc(C(F)(F)F)cc1. The molecule has 5 heteroatoms. The lowest BCUT2D eigenvalue weighted by Crippen LogP contribution is -2.25. The van der Waals surface area contributed by atoms with Crippen LogP contribution in [0.25, 0.3) is 0 Å². The van der Waals surface area contributed by atoms with Crippen molar-refractivity contribution in [1.82, 2.24) is 5.32 Å². The van der Waals surface area contributed by atoms with Gasteiger partial charge in [0, 0.05) is 13.0 Å². The Morgan fingerprint density at radius 3 is 2.37 bits per heavy atom. The van der Waals surface area contributed by atoms with Crippen molar-refractivity contribution in [3.8, 4) is 0 Å². The fourth-order valence-electron chi connectivity index (χ4n) is 1.63. The number of hydrogen-bond donors (Lipinski definition) is 1. The number of nitrogens with one attached hydrogen (secondary N) is 1. The molecule has 0 aromatic heterocycles. The highest BCUT2D eigenvalue weighted by Crippen LogP contribution is 2.29. The predicted molar refractivity (Wildman–Crippen MR) is 67.7 cm³/mol. The van der Waals surface area contributed by atoms with Crippen molar-refractivity contribution in [3.05, 3.63) is 35.4 Å². The number of halogens is 3. The average molecular weight is 273 g/mol. The van der Waals surface area contributed by atoms with Crippen LogP contribution in [0.5, 0.6) is 0 Å². The molecule has 0 unspecified atom stereocenters. The number of carbonyl (C=O) groups is 1. The second kappa shape index (κ2) is 7.16. The Bertz CT molecular complexity index is 398. The maximum absolute atomic E-state index is 12.3. The van der Waals surface area contributed by atoms with Crippen LogP contribution in [0.15, 0.2) is 24.3 Å². The normalized spacial score (nSPS) is 11.4. The molecule has 19 heavy (non-hydrogen) atoms. The van der Waals surface area contributed by atoms with E-state index >= 15 is 0 Å². The molecule has 0 aliphatic carbocycles. The summed E-state index contributed by atoms with van der Waals surface area (Å²) in [5.41, 5.74) is 0.132. The highest BCUT2D eigenvalue weighted by Gasteiger charge is 2.29. The van der Waals surface area contributed by atoms with Gasteiger partial charge in [0.2, 0.25) is 5.91 Å². The third-order valence-corrected chi connectivity index (χ3v) is 2.77. The smallest absolute Gasteiger partial charge is 0.356 e. The van der Waals surface area contributed by atoms with Gasteiger partial charge in [0.05, 0.1) is 5.56 Å². The van der Waals surface area contributed by atoms with E-state index in [1.54, 1.807) is 0 Å². The zero-order valence-electron chi connectivity index (χ0n) is 10.9. The summed E-state index contributed by atoms with van der Waals surface area (Å²) in [5, 5.41) is 2.75. The topological polar surface area (TPSA) is 29.1 Å². The van der Waals surface area contributed by atoms with E-state index < -0.39 is 11.7 Å². The van der Waals surface area contributed by atoms with Crippen molar-refractivity contribution >= 4 is 5.91 Å². The maximum atomic E-state index is 12.3. The van der Waals surface area contributed by atoms with Crippen LogP contribution in [0.4, 0.5) is 13.2 Å². The summed E-state index contributed by atoms with van der Waals surface area (Å²) in [6.07, 6.45) is -1.44. The Morgan fingerprint density at radius 2 is 1.84 bits per heavy atom. The molecular formula is C14H18F3NO. The fraction of sp³-hybridized carbons (Fsp3) is 0.500. The van der Waals surface area contributed by atoms with Gasteiger partial charge in [-0.25, -0.2) is 0 Å². The van der Waals surface area contributed by atoms with Gasteiger partial charge in [-0.3, -0.25) is 4.79 Å². The summed E-state index contributed by atoms with van der Waals surface area (Å²) >= 11 is 0. The zero-order valence-corrected chi connectivity index (χ0v) is 10.9. The van der Waals surface area contributed by atoms with Crippen molar-refractivity contribution in [3.63, 3.8) is 0 Å². The highest BCUT2D eigenvalue weighted by atomic mass is 19.4. The number of hydrogen-bond acceptors (Lipinski definition) is 1. The minimum Gasteiger partial charge on any atom is -0.356 e. The van der Waals surface area contributed by atoms with Crippen LogP contribution >= 0.6 is 0 Å². The third-order valence-electron chi connectivity index (χ3n) is 2.77. The Hall–Kier alpha value is -1.52. The van der Waals surface area contributed by atoms with Crippen molar-refractivity contribution in [2.45, 2.75) is 38.8 Å². The van der Waals surface area contributed by atoms with Crippen molar-refractivity contribution in [1.29, 1.82) is 0 Å². The van der Waals surface area contributed by atoms with Gasteiger partial charge in [-0.2, -0.15) is 13.2 Å². The largest absolute Gasteiger partial charge is 0.416 e. The standard InChI is InChI=1S/C14H18F3NO/c1-2-3-4-13(19)18-10-9-11-5-7-12(8-6-11)14(15,16)17/h5-8H,2-4,9-10H2,1H3,(H,18,19). The summed E-state index contributed by atoms with van der Waals surface area (Å²) in [7, 11) is 0. The van der Waals surface area contributed by atoms with E-state index in [1.165, 1.54) is 12.1 Å². The Labute approximate surface area is 111 Å². The van der Waals surface area contributed by atoms with Gasteiger partial charge in [-0.05, 0) is 30.5 Å².